The quantitative estimate of drug-likeness (QED) is 0.793. The molecule has 0 spiro atoms. The van der Waals surface area contributed by atoms with Gasteiger partial charge in [-0.1, -0.05) is 26.0 Å². The number of nitrogens with zero attached hydrogens (tertiary/aromatic N) is 1. The fourth-order valence-corrected chi connectivity index (χ4v) is 2.36. The SMILES string of the molecule is COc1cc(C)nc2c1=CC(C)(C)C=CC=2Br. The molecule has 0 amide bonds. The molecule has 1 aliphatic rings. The Hall–Kier alpha value is -1.09. The minimum Gasteiger partial charge on any atom is -0.496 e. The van der Waals surface area contributed by atoms with Gasteiger partial charge in [0.05, 0.1) is 12.5 Å². The normalized spacial score (nSPS) is 17.1. The van der Waals surface area contributed by atoms with E-state index in [0.717, 1.165) is 26.5 Å². The Bertz CT molecular complexity index is 599. The highest BCUT2D eigenvalue weighted by Crippen LogP contribution is 2.23. The minimum absolute atomic E-state index is 0.00547. The van der Waals surface area contributed by atoms with Crippen molar-refractivity contribution < 1.29 is 4.74 Å². The number of aromatic nitrogens is 1. The van der Waals surface area contributed by atoms with Crippen molar-refractivity contribution in [3.8, 4) is 5.75 Å². The van der Waals surface area contributed by atoms with Crippen LogP contribution in [-0.4, -0.2) is 12.1 Å². The van der Waals surface area contributed by atoms with E-state index < -0.39 is 0 Å². The molecule has 2 nitrogen and oxygen atoms in total. The van der Waals surface area contributed by atoms with E-state index in [-0.39, 0.29) is 5.41 Å². The molecule has 0 radical (unpaired) electrons. The summed E-state index contributed by atoms with van der Waals surface area (Å²) in [4.78, 5) is 4.58. The van der Waals surface area contributed by atoms with E-state index in [0.29, 0.717) is 0 Å². The number of hydrogen-bond donors (Lipinski definition) is 0. The second-order valence-electron chi connectivity index (χ2n) is 4.88. The highest BCUT2D eigenvalue weighted by atomic mass is 79.9. The zero-order valence-corrected chi connectivity index (χ0v) is 12.1. The third-order valence-electron chi connectivity index (χ3n) is 2.77. The minimum atomic E-state index is -0.00547. The summed E-state index contributed by atoms with van der Waals surface area (Å²) in [6, 6.07) is 1.97. The van der Waals surface area contributed by atoms with Crippen LogP contribution >= 0.6 is 15.9 Å². The number of methoxy groups -OCH3 is 1. The van der Waals surface area contributed by atoms with Gasteiger partial charge in [0.15, 0.2) is 0 Å². The number of hydrogen-bond acceptors (Lipinski definition) is 2. The molecule has 1 aromatic heterocycles. The van der Waals surface area contributed by atoms with Crippen LogP contribution in [-0.2, 0) is 0 Å². The molecule has 1 aliphatic carbocycles. The van der Waals surface area contributed by atoms with Gasteiger partial charge >= 0.3 is 0 Å². The van der Waals surface area contributed by atoms with Crippen LogP contribution in [0, 0.1) is 12.3 Å². The predicted molar refractivity (Wildman–Crippen MR) is 74.5 cm³/mol. The fourth-order valence-electron chi connectivity index (χ4n) is 1.93. The van der Waals surface area contributed by atoms with E-state index in [1.54, 1.807) is 7.11 Å². The molecule has 0 saturated carbocycles. The van der Waals surface area contributed by atoms with Gasteiger partial charge in [0, 0.05) is 26.9 Å². The Morgan fingerprint density at radius 2 is 2.06 bits per heavy atom. The van der Waals surface area contributed by atoms with E-state index in [1.165, 1.54) is 0 Å². The lowest BCUT2D eigenvalue weighted by atomic mass is 9.92. The molecular weight excluding hydrogens is 278 g/mol. The molecule has 90 valence electrons. The van der Waals surface area contributed by atoms with Gasteiger partial charge < -0.3 is 4.74 Å². The second kappa shape index (κ2) is 4.30. The molecule has 0 aliphatic heterocycles. The van der Waals surface area contributed by atoms with E-state index >= 15 is 0 Å². The summed E-state index contributed by atoms with van der Waals surface area (Å²) >= 11 is 3.58. The summed E-state index contributed by atoms with van der Waals surface area (Å²) in [6.45, 7) is 6.30. The van der Waals surface area contributed by atoms with Crippen molar-refractivity contribution in [2.24, 2.45) is 5.41 Å². The van der Waals surface area contributed by atoms with Crippen LogP contribution < -0.4 is 15.3 Å². The van der Waals surface area contributed by atoms with Crippen LogP contribution in [0.15, 0.2) is 18.2 Å². The standard InChI is InChI=1S/C14H16BrNO/c1-9-7-12(17-4)10-8-14(2,3)6-5-11(15)13(10)16-9/h5-8H,1-4H3. The largest absolute Gasteiger partial charge is 0.496 e. The van der Waals surface area contributed by atoms with Gasteiger partial charge in [-0.25, -0.2) is 0 Å². The average Bonchev–Trinajstić information content (AvgIpc) is 2.37. The number of allylic oxidation sites excluding steroid dienone is 2. The summed E-state index contributed by atoms with van der Waals surface area (Å²) in [7, 11) is 1.70. The van der Waals surface area contributed by atoms with E-state index in [1.807, 2.05) is 13.0 Å². The topological polar surface area (TPSA) is 22.1 Å². The number of pyridine rings is 1. The highest BCUT2D eigenvalue weighted by molar-refractivity contribution is 9.15. The Morgan fingerprint density at radius 1 is 1.35 bits per heavy atom. The second-order valence-corrected chi connectivity index (χ2v) is 5.73. The van der Waals surface area contributed by atoms with E-state index in [9.17, 15) is 0 Å². The van der Waals surface area contributed by atoms with Crippen molar-refractivity contribution in [2.45, 2.75) is 20.8 Å². The van der Waals surface area contributed by atoms with Crippen LogP contribution in [0.5, 0.6) is 5.75 Å². The molecule has 1 aromatic rings. The van der Waals surface area contributed by atoms with Crippen molar-refractivity contribution in [3.63, 3.8) is 0 Å². The van der Waals surface area contributed by atoms with E-state index in [4.69, 9.17) is 4.74 Å². The van der Waals surface area contributed by atoms with Gasteiger partial charge in [-0.2, -0.15) is 0 Å². The Morgan fingerprint density at radius 3 is 2.71 bits per heavy atom. The average molecular weight is 294 g/mol. The summed E-state index contributed by atoms with van der Waals surface area (Å²) in [6.07, 6.45) is 6.42. The van der Waals surface area contributed by atoms with Gasteiger partial charge in [-0.15, -0.1) is 0 Å². The smallest absolute Gasteiger partial charge is 0.129 e. The van der Waals surface area contributed by atoms with Crippen LogP contribution in [0.2, 0.25) is 0 Å². The van der Waals surface area contributed by atoms with Crippen LogP contribution in [0.3, 0.4) is 0 Å². The summed E-state index contributed by atoms with van der Waals surface area (Å²) in [5.74, 6) is 0.876. The molecule has 0 bridgehead atoms. The number of ether oxygens (including phenoxy) is 1. The molecule has 0 fully saturated rings. The Balaban J connectivity index is 2.94. The third kappa shape index (κ3) is 2.44. The highest BCUT2D eigenvalue weighted by Gasteiger charge is 2.15. The van der Waals surface area contributed by atoms with Gasteiger partial charge in [0.1, 0.15) is 5.75 Å². The molecule has 0 unspecified atom stereocenters. The Labute approximate surface area is 110 Å². The predicted octanol–water partition coefficient (Wildman–Crippen LogP) is 2.28. The Kier molecular flexibility index (Phi) is 3.13. The fraction of sp³-hybridized carbons (Fsp3) is 0.357. The van der Waals surface area contributed by atoms with Gasteiger partial charge in [0.25, 0.3) is 0 Å². The molecule has 1 heterocycles. The van der Waals surface area contributed by atoms with E-state index in [2.05, 4.69) is 53.0 Å². The molecule has 0 atom stereocenters. The molecule has 2 rings (SSSR count). The number of fused-ring (bicyclic) bond motifs is 1. The monoisotopic (exact) mass is 293 g/mol. The number of aryl methyl sites for hydroxylation is 1. The van der Waals surface area contributed by atoms with Gasteiger partial charge in [-0.05, 0) is 28.9 Å². The van der Waals surface area contributed by atoms with Crippen molar-refractivity contribution in [1.82, 2.24) is 4.98 Å². The lowest BCUT2D eigenvalue weighted by Crippen LogP contribution is -2.32. The lowest BCUT2D eigenvalue weighted by Gasteiger charge is -2.13. The zero-order valence-electron chi connectivity index (χ0n) is 10.5. The molecule has 0 saturated heterocycles. The van der Waals surface area contributed by atoms with Crippen LogP contribution in [0.25, 0.3) is 10.6 Å². The lowest BCUT2D eigenvalue weighted by molar-refractivity contribution is 0.409. The zero-order chi connectivity index (χ0) is 12.6. The van der Waals surface area contributed by atoms with Crippen molar-refractivity contribution in [2.75, 3.05) is 7.11 Å². The summed E-state index contributed by atoms with van der Waals surface area (Å²) < 4.78 is 6.45. The molecular formula is C14H16BrNO. The molecule has 0 N–H and O–H groups in total. The molecule has 3 heteroatoms. The first-order chi connectivity index (χ1) is 7.93. The number of rotatable bonds is 1. The first kappa shape index (κ1) is 12.4. The van der Waals surface area contributed by atoms with Crippen LogP contribution in [0.4, 0.5) is 0 Å². The maximum Gasteiger partial charge on any atom is 0.129 e. The van der Waals surface area contributed by atoms with Crippen molar-refractivity contribution in [1.29, 1.82) is 0 Å². The summed E-state index contributed by atoms with van der Waals surface area (Å²) in [5, 5.41) is 2.00. The van der Waals surface area contributed by atoms with Gasteiger partial charge in [0.2, 0.25) is 0 Å². The number of halogens is 1. The third-order valence-corrected chi connectivity index (χ3v) is 3.41. The summed E-state index contributed by atoms with van der Waals surface area (Å²) in [5.41, 5.74) is 0.952. The molecule has 17 heavy (non-hydrogen) atoms. The first-order valence-corrected chi connectivity index (χ1v) is 6.36. The maximum atomic E-state index is 5.46. The van der Waals surface area contributed by atoms with Crippen molar-refractivity contribution >= 4 is 26.5 Å². The maximum absolute atomic E-state index is 5.46. The molecule has 0 aromatic carbocycles. The van der Waals surface area contributed by atoms with Crippen molar-refractivity contribution in [3.05, 3.63) is 34.5 Å². The first-order valence-electron chi connectivity index (χ1n) is 5.56. The van der Waals surface area contributed by atoms with Gasteiger partial charge in [-0.3, -0.25) is 4.98 Å². The van der Waals surface area contributed by atoms with Crippen LogP contribution in [0.1, 0.15) is 19.5 Å².